The Bertz CT molecular complexity index is 140. The van der Waals surface area contributed by atoms with Crippen molar-refractivity contribution in [2.24, 2.45) is 11.8 Å². The van der Waals surface area contributed by atoms with Gasteiger partial charge in [0.15, 0.2) is 0 Å². The lowest BCUT2D eigenvalue weighted by Crippen LogP contribution is -1.94. The van der Waals surface area contributed by atoms with E-state index in [2.05, 4.69) is 6.92 Å². The van der Waals surface area contributed by atoms with Gasteiger partial charge in [0.05, 0.1) is 0 Å². The maximum Gasteiger partial charge on any atom is 0.133 e. The molecule has 0 spiro atoms. The minimum Gasteiger partial charge on any atom is -0.300 e. The monoisotopic (exact) mass is 154 g/mol. The molecule has 0 radical (unpaired) electrons. The van der Waals surface area contributed by atoms with E-state index >= 15 is 0 Å². The predicted octanol–water partition coefficient (Wildman–Crippen LogP) is 2.79. The minimum absolute atomic E-state index is 0.409. The highest BCUT2D eigenvalue weighted by molar-refractivity contribution is 5.81. The van der Waals surface area contributed by atoms with Crippen molar-refractivity contribution in [2.45, 2.75) is 46.0 Å². The highest BCUT2D eigenvalue weighted by Gasteiger charge is 2.39. The third-order valence-corrected chi connectivity index (χ3v) is 2.62. The molecule has 1 saturated carbocycles. The fraction of sp³-hybridized carbons (Fsp3) is 0.900. The molecule has 0 saturated heterocycles. The summed E-state index contributed by atoms with van der Waals surface area (Å²) >= 11 is 0. The highest BCUT2D eigenvalue weighted by atomic mass is 16.1. The summed E-state index contributed by atoms with van der Waals surface area (Å²) in [5.41, 5.74) is 0. The van der Waals surface area contributed by atoms with Gasteiger partial charge in [-0.25, -0.2) is 0 Å². The molecule has 0 aliphatic heterocycles. The van der Waals surface area contributed by atoms with Gasteiger partial charge < -0.3 is 0 Å². The number of Topliss-reactive ketones (excluding diaryl/α,β-unsaturated/α-hetero) is 1. The second-order valence-corrected chi connectivity index (χ2v) is 3.71. The van der Waals surface area contributed by atoms with Crippen LogP contribution in [0.5, 0.6) is 0 Å². The summed E-state index contributed by atoms with van der Waals surface area (Å²) in [6.45, 7) is 3.94. The highest BCUT2D eigenvalue weighted by Crippen LogP contribution is 2.42. The van der Waals surface area contributed by atoms with Gasteiger partial charge in [-0.2, -0.15) is 0 Å². The van der Waals surface area contributed by atoms with Gasteiger partial charge in [0.25, 0.3) is 0 Å². The molecule has 0 aromatic heterocycles. The van der Waals surface area contributed by atoms with E-state index in [1.54, 1.807) is 6.92 Å². The quantitative estimate of drug-likeness (QED) is 0.556. The first-order chi connectivity index (χ1) is 5.25. The molecular formula is C10H18O. The number of carbonyl (C=O) groups is 1. The average Bonchev–Trinajstić information content (AvgIpc) is 2.68. The van der Waals surface area contributed by atoms with Crippen molar-refractivity contribution in [1.29, 1.82) is 0 Å². The molecule has 1 nitrogen and oxygen atoms in total. The molecule has 0 heterocycles. The van der Waals surface area contributed by atoms with Crippen molar-refractivity contribution in [3.63, 3.8) is 0 Å². The summed E-state index contributed by atoms with van der Waals surface area (Å²) in [5.74, 6) is 1.62. The number of ketones is 1. The summed E-state index contributed by atoms with van der Waals surface area (Å²) in [5, 5.41) is 0. The Hall–Kier alpha value is -0.330. The van der Waals surface area contributed by atoms with Crippen LogP contribution < -0.4 is 0 Å². The van der Waals surface area contributed by atoms with Gasteiger partial charge in [-0.15, -0.1) is 0 Å². The molecule has 0 bridgehead atoms. The van der Waals surface area contributed by atoms with Gasteiger partial charge in [-0.1, -0.05) is 26.2 Å². The van der Waals surface area contributed by atoms with E-state index in [1.807, 2.05) is 0 Å². The molecule has 11 heavy (non-hydrogen) atoms. The van der Waals surface area contributed by atoms with Crippen molar-refractivity contribution >= 4 is 5.78 Å². The fourth-order valence-electron chi connectivity index (χ4n) is 1.72. The van der Waals surface area contributed by atoms with Crippen molar-refractivity contribution in [3.8, 4) is 0 Å². The molecule has 2 atom stereocenters. The molecule has 1 rings (SSSR count). The lowest BCUT2D eigenvalue weighted by molar-refractivity contribution is -0.118. The summed E-state index contributed by atoms with van der Waals surface area (Å²) in [4.78, 5) is 10.8. The van der Waals surface area contributed by atoms with Crippen LogP contribution in [0.2, 0.25) is 0 Å². The molecule has 0 amide bonds. The lowest BCUT2D eigenvalue weighted by atomic mass is 10.1. The second-order valence-electron chi connectivity index (χ2n) is 3.71. The zero-order valence-corrected chi connectivity index (χ0v) is 7.60. The molecule has 64 valence electrons. The molecule has 1 aliphatic rings. The number of unbranched alkanes of at least 4 members (excludes halogenated alkanes) is 2. The van der Waals surface area contributed by atoms with Crippen LogP contribution in [0.4, 0.5) is 0 Å². The van der Waals surface area contributed by atoms with E-state index in [1.165, 1.54) is 32.1 Å². The smallest absolute Gasteiger partial charge is 0.133 e. The van der Waals surface area contributed by atoms with E-state index in [0.29, 0.717) is 11.7 Å². The van der Waals surface area contributed by atoms with Crippen LogP contribution in [-0.4, -0.2) is 5.78 Å². The standard InChI is InChI=1S/C10H18O/c1-3-4-5-6-9-7-10(9)8(2)11/h9-10H,3-7H2,1-2H3/t9-,10+/m0/s1. The molecule has 1 fully saturated rings. The Morgan fingerprint density at radius 1 is 1.45 bits per heavy atom. The Labute approximate surface area is 69.2 Å². The van der Waals surface area contributed by atoms with E-state index in [-0.39, 0.29) is 0 Å². The predicted molar refractivity (Wildman–Crippen MR) is 46.4 cm³/mol. The summed E-state index contributed by atoms with van der Waals surface area (Å²) in [7, 11) is 0. The van der Waals surface area contributed by atoms with Gasteiger partial charge in [0.2, 0.25) is 0 Å². The number of carbonyl (C=O) groups excluding carboxylic acids is 1. The Balaban J connectivity index is 2.00. The molecule has 0 aromatic carbocycles. The van der Waals surface area contributed by atoms with Crippen molar-refractivity contribution < 1.29 is 4.79 Å². The second kappa shape index (κ2) is 3.89. The van der Waals surface area contributed by atoms with E-state index < -0.39 is 0 Å². The van der Waals surface area contributed by atoms with E-state index in [0.717, 1.165) is 5.92 Å². The van der Waals surface area contributed by atoms with Crippen LogP contribution in [0.1, 0.15) is 46.0 Å². The summed E-state index contributed by atoms with van der Waals surface area (Å²) < 4.78 is 0. The zero-order chi connectivity index (χ0) is 8.27. The van der Waals surface area contributed by atoms with Gasteiger partial charge in [-0.05, 0) is 25.7 Å². The Morgan fingerprint density at radius 2 is 2.18 bits per heavy atom. The first-order valence-electron chi connectivity index (χ1n) is 4.76. The minimum atomic E-state index is 0.409. The van der Waals surface area contributed by atoms with Crippen LogP contribution in [0.3, 0.4) is 0 Å². The Kier molecular flexibility index (Phi) is 3.10. The lowest BCUT2D eigenvalue weighted by Gasteiger charge is -1.95. The Morgan fingerprint density at radius 3 is 2.64 bits per heavy atom. The SMILES string of the molecule is CCCCC[C@H]1C[C@@H]1C(C)=O. The maximum atomic E-state index is 10.8. The molecule has 1 heteroatoms. The molecular weight excluding hydrogens is 136 g/mol. The normalized spacial score (nSPS) is 28.5. The van der Waals surface area contributed by atoms with Gasteiger partial charge in [-0.3, -0.25) is 4.79 Å². The number of hydrogen-bond donors (Lipinski definition) is 0. The summed E-state index contributed by atoms with van der Waals surface area (Å²) in [6.07, 6.45) is 6.42. The average molecular weight is 154 g/mol. The van der Waals surface area contributed by atoms with Gasteiger partial charge in [0, 0.05) is 5.92 Å². The third kappa shape index (κ3) is 2.64. The zero-order valence-electron chi connectivity index (χ0n) is 7.60. The van der Waals surface area contributed by atoms with Gasteiger partial charge in [0.1, 0.15) is 5.78 Å². The van der Waals surface area contributed by atoms with Crippen LogP contribution >= 0.6 is 0 Å². The fourth-order valence-corrected chi connectivity index (χ4v) is 1.72. The van der Waals surface area contributed by atoms with Gasteiger partial charge >= 0.3 is 0 Å². The number of rotatable bonds is 5. The number of hydrogen-bond acceptors (Lipinski definition) is 1. The van der Waals surface area contributed by atoms with Crippen molar-refractivity contribution in [3.05, 3.63) is 0 Å². The largest absolute Gasteiger partial charge is 0.300 e. The first-order valence-corrected chi connectivity index (χ1v) is 4.76. The van der Waals surface area contributed by atoms with Crippen LogP contribution in [-0.2, 0) is 4.79 Å². The van der Waals surface area contributed by atoms with Crippen LogP contribution in [0, 0.1) is 11.8 Å². The first kappa shape index (κ1) is 8.76. The molecule has 1 aliphatic carbocycles. The van der Waals surface area contributed by atoms with Crippen molar-refractivity contribution in [1.82, 2.24) is 0 Å². The van der Waals surface area contributed by atoms with Crippen LogP contribution in [0.15, 0.2) is 0 Å². The van der Waals surface area contributed by atoms with E-state index in [9.17, 15) is 4.79 Å². The molecule has 0 N–H and O–H groups in total. The molecule has 0 aromatic rings. The topological polar surface area (TPSA) is 17.1 Å². The summed E-state index contributed by atoms with van der Waals surface area (Å²) in [6, 6.07) is 0. The van der Waals surface area contributed by atoms with Crippen LogP contribution in [0.25, 0.3) is 0 Å². The maximum absolute atomic E-state index is 10.8. The van der Waals surface area contributed by atoms with Crippen molar-refractivity contribution in [2.75, 3.05) is 0 Å². The third-order valence-electron chi connectivity index (χ3n) is 2.62. The van der Waals surface area contributed by atoms with E-state index in [4.69, 9.17) is 0 Å². The molecule has 0 unspecified atom stereocenters.